The van der Waals surface area contributed by atoms with Crippen LogP contribution in [0, 0.1) is 11.8 Å². The van der Waals surface area contributed by atoms with Gasteiger partial charge in [0.1, 0.15) is 0 Å². The van der Waals surface area contributed by atoms with E-state index in [0.29, 0.717) is 22.4 Å². The molecule has 1 fully saturated rings. The van der Waals surface area contributed by atoms with Crippen LogP contribution < -0.4 is 0 Å². The van der Waals surface area contributed by atoms with Crippen LogP contribution in [-0.2, 0) is 0 Å². The number of rotatable bonds is 1. The molecule has 0 radical (unpaired) electrons. The largest absolute Gasteiger partial charge is 0.338 e. The molecule has 0 aliphatic carbocycles. The van der Waals surface area contributed by atoms with Crippen molar-refractivity contribution in [3.63, 3.8) is 0 Å². The van der Waals surface area contributed by atoms with Crippen LogP contribution in [0.4, 0.5) is 0 Å². The van der Waals surface area contributed by atoms with Crippen molar-refractivity contribution in [2.45, 2.75) is 20.3 Å². The third-order valence-electron chi connectivity index (χ3n) is 3.31. The van der Waals surface area contributed by atoms with Gasteiger partial charge in [0.25, 0.3) is 5.91 Å². The van der Waals surface area contributed by atoms with Crippen LogP contribution in [0.25, 0.3) is 0 Å². The Balaban J connectivity index is 2.22. The third kappa shape index (κ3) is 3.07. The normalized spacial score (nSPS) is 24.1. The van der Waals surface area contributed by atoms with E-state index in [-0.39, 0.29) is 5.91 Å². The number of halogens is 2. The van der Waals surface area contributed by atoms with Crippen molar-refractivity contribution in [3.05, 3.63) is 33.3 Å². The molecule has 2 nitrogen and oxygen atoms in total. The highest BCUT2D eigenvalue weighted by Gasteiger charge is 2.27. The lowest BCUT2D eigenvalue weighted by atomic mass is 9.91. The van der Waals surface area contributed by atoms with Gasteiger partial charge in [-0.25, -0.2) is 0 Å². The molecule has 0 saturated carbocycles. The average molecular weight is 331 g/mol. The Morgan fingerprint density at radius 2 is 1.94 bits per heavy atom. The zero-order chi connectivity index (χ0) is 13.3. The van der Waals surface area contributed by atoms with Crippen molar-refractivity contribution in [2.24, 2.45) is 11.8 Å². The third-order valence-corrected chi connectivity index (χ3v) is 4.14. The minimum Gasteiger partial charge on any atom is -0.338 e. The monoisotopic (exact) mass is 329 g/mol. The number of benzene rings is 1. The first-order chi connectivity index (χ1) is 8.47. The van der Waals surface area contributed by atoms with Gasteiger partial charge in [-0.1, -0.05) is 41.4 Å². The van der Waals surface area contributed by atoms with Crippen molar-refractivity contribution < 1.29 is 4.79 Å². The molecule has 1 aromatic rings. The summed E-state index contributed by atoms with van der Waals surface area (Å²) in [5.41, 5.74) is 0.590. The molecule has 98 valence electrons. The molecule has 2 unspecified atom stereocenters. The van der Waals surface area contributed by atoms with E-state index in [1.807, 2.05) is 11.0 Å². The minimum atomic E-state index is 0.0414. The first-order valence-electron chi connectivity index (χ1n) is 6.21. The number of hydrogen-bond acceptors (Lipinski definition) is 1. The molecule has 2 rings (SSSR count). The molecule has 0 bridgehead atoms. The summed E-state index contributed by atoms with van der Waals surface area (Å²) in [6.45, 7) is 6.04. The van der Waals surface area contributed by atoms with Gasteiger partial charge in [-0.2, -0.15) is 0 Å². The smallest absolute Gasteiger partial charge is 0.255 e. The van der Waals surface area contributed by atoms with Crippen LogP contribution in [0.1, 0.15) is 30.6 Å². The van der Waals surface area contributed by atoms with E-state index in [0.717, 1.165) is 17.6 Å². The first kappa shape index (κ1) is 13.9. The summed E-state index contributed by atoms with van der Waals surface area (Å²) in [6.07, 6.45) is 1.19. The van der Waals surface area contributed by atoms with E-state index in [4.69, 9.17) is 11.6 Å². The van der Waals surface area contributed by atoms with Gasteiger partial charge in [-0.15, -0.1) is 0 Å². The number of carbonyl (C=O) groups is 1. The lowest BCUT2D eigenvalue weighted by Gasteiger charge is -2.35. The zero-order valence-corrected chi connectivity index (χ0v) is 13.0. The Hall–Kier alpha value is -0.540. The topological polar surface area (TPSA) is 20.3 Å². The summed E-state index contributed by atoms with van der Waals surface area (Å²) < 4.78 is 0.883. The van der Waals surface area contributed by atoms with E-state index in [2.05, 4.69) is 29.8 Å². The van der Waals surface area contributed by atoms with Crippen LogP contribution in [0.3, 0.4) is 0 Å². The van der Waals surface area contributed by atoms with Crippen molar-refractivity contribution in [1.82, 2.24) is 4.90 Å². The molecular formula is C14H17BrClNO. The Morgan fingerprint density at radius 1 is 1.33 bits per heavy atom. The van der Waals surface area contributed by atoms with Crippen LogP contribution in [0.5, 0.6) is 0 Å². The Labute approximate surface area is 121 Å². The molecule has 1 aliphatic heterocycles. The van der Waals surface area contributed by atoms with Gasteiger partial charge < -0.3 is 4.90 Å². The summed E-state index contributed by atoms with van der Waals surface area (Å²) in [5, 5.41) is 0.522. The highest BCUT2D eigenvalue weighted by molar-refractivity contribution is 9.10. The van der Waals surface area contributed by atoms with Gasteiger partial charge in [-0.05, 0) is 36.5 Å². The molecule has 1 aromatic carbocycles. The maximum absolute atomic E-state index is 12.5. The summed E-state index contributed by atoms with van der Waals surface area (Å²) in [6, 6.07) is 5.41. The molecule has 0 spiro atoms. The second kappa shape index (κ2) is 5.62. The second-order valence-corrected chi connectivity index (χ2v) is 6.60. The molecule has 18 heavy (non-hydrogen) atoms. The number of carbonyl (C=O) groups excluding carboxylic acids is 1. The first-order valence-corrected chi connectivity index (χ1v) is 7.38. The fraction of sp³-hybridized carbons (Fsp3) is 0.500. The van der Waals surface area contributed by atoms with E-state index in [1.165, 1.54) is 6.42 Å². The molecular weight excluding hydrogens is 314 g/mol. The van der Waals surface area contributed by atoms with Crippen LogP contribution >= 0.6 is 27.5 Å². The molecule has 4 heteroatoms. The predicted octanol–water partition coefficient (Wildman–Crippen LogP) is 4.22. The van der Waals surface area contributed by atoms with Gasteiger partial charge in [0.15, 0.2) is 0 Å². The number of hydrogen-bond donors (Lipinski definition) is 0. The van der Waals surface area contributed by atoms with E-state index >= 15 is 0 Å². The fourth-order valence-electron chi connectivity index (χ4n) is 2.66. The molecule has 1 amide bonds. The summed E-state index contributed by atoms with van der Waals surface area (Å²) in [5.74, 6) is 1.16. The quantitative estimate of drug-likeness (QED) is 0.755. The summed E-state index contributed by atoms with van der Waals surface area (Å²) in [7, 11) is 0. The molecule has 1 heterocycles. The summed E-state index contributed by atoms with van der Waals surface area (Å²) in [4.78, 5) is 14.4. The Bertz CT molecular complexity index is 453. The number of nitrogens with zero attached hydrogens (tertiary/aromatic N) is 1. The standard InChI is InChI=1S/C14H17BrClNO/c1-9-5-10(2)8-17(7-9)14(18)12-6-11(15)3-4-13(12)16/h3-4,6,9-10H,5,7-8H2,1-2H3. The Kier molecular flexibility index (Phi) is 4.33. The molecule has 0 N–H and O–H groups in total. The lowest BCUT2D eigenvalue weighted by molar-refractivity contribution is 0.0623. The molecule has 1 aliphatic rings. The summed E-state index contributed by atoms with van der Waals surface area (Å²) >= 11 is 9.50. The van der Waals surface area contributed by atoms with Crippen molar-refractivity contribution >= 4 is 33.4 Å². The van der Waals surface area contributed by atoms with Gasteiger partial charge in [0, 0.05) is 17.6 Å². The van der Waals surface area contributed by atoms with E-state index in [1.54, 1.807) is 12.1 Å². The van der Waals surface area contributed by atoms with Gasteiger partial charge >= 0.3 is 0 Å². The lowest BCUT2D eigenvalue weighted by Crippen LogP contribution is -2.42. The van der Waals surface area contributed by atoms with Gasteiger partial charge in [0.2, 0.25) is 0 Å². The van der Waals surface area contributed by atoms with E-state index in [9.17, 15) is 4.79 Å². The predicted molar refractivity (Wildman–Crippen MR) is 78.0 cm³/mol. The van der Waals surface area contributed by atoms with Crippen LogP contribution in [-0.4, -0.2) is 23.9 Å². The van der Waals surface area contributed by atoms with Crippen molar-refractivity contribution in [1.29, 1.82) is 0 Å². The van der Waals surface area contributed by atoms with Crippen molar-refractivity contribution in [2.75, 3.05) is 13.1 Å². The second-order valence-electron chi connectivity index (χ2n) is 5.28. The fourth-order valence-corrected chi connectivity index (χ4v) is 3.22. The average Bonchev–Trinajstić information content (AvgIpc) is 2.30. The molecule has 1 saturated heterocycles. The highest BCUT2D eigenvalue weighted by Crippen LogP contribution is 2.26. The van der Waals surface area contributed by atoms with Gasteiger partial charge in [0.05, 0.1) is 10.6 Å². The maximum Gasteiger partial charge on any atom is 0.255 e. The van der Waals surface area contributed by atoms with Gasteiger partial charge in [-0.3, -0.25) is 4.79 Å². The minimum absolute atomic E-state index is 0.0414. The SMILES string of the molecule is CC1CC(C)CN(C(=O)c2cc(Br)ccc2Cl)C1. The zero-order valence-electron chi connectivity index (χ0n) is 10.6. The highest BCUT2D eigenvalue weighted by atomic mass is 79.9. The number of likely N-dealkylation sites (tertiary alicyclic amines) is 1. The molecule has 2 atom stereocenters. The Morgan fingerprint density at radius 3 is 2.56 bits per heavy atom. The van der Waals surface area contributed by atoms with E-state index < -0.39 is 0 Å². The number of amides is 1. The number of piperidine rings is 1. The molecule has 0 aromatic heterocycles. The van der Waals surface area contributed by atoms with Crippen molar-refractivity contribution in [3.8, 4) is 0 Å². The van der Waals surface area contributed by atoms with Crippen LogP contribution in [0.2, 0.25) is 5.02 Å². The van der Waals surface area contributed by atoms with Crippen LogP contribution in [0.15, 0.2) is 22.7 Å². The maximum atomic E-state index is 12.5.